The maximum absolute atomic E-state index is 12.8. The van der Waals surface area contributed by atoms with Crippen molar-refractivity contribution in [2.45, 2.75) is 219 Å². The molecule has 0 amide bonds. The van der Waals surface area contributed by atoms with Crippen molar-refractivity contribution in [3.63, 3.8) is 0 Å². The standard InChI is InChI=1S/C61H96O6/c1-4-7-10-13-16-19-22-25-28-30-33-36-39-42-45-48-51-54-60(63)66-57-58(56-65-59(62)53-50-47-44-41-38-35-32-27-24-21-18-15-12-9-6-3)67-61(64)55-52-49-46-43-40-37-34-31-29-26-23-20-17-14-11-8-5-2/h7-8,10-11,16-21,25-29,32-34,36-37,42,45,58H,4-6,9,12-15,22-24,30-31,35,38-41,43-44,46-57H2,1-3H3/b10-7-,11-8-,19-16-,20-17-,21-18-,28-25-,29-26-,32-27-,36-33-,37-34-,45-42-. The molecule has 0 aromatic rings. The Balaban J connectivity index is 4.58. The van der Waals surface area contributed by atoms with Crippen molar-refractivity contribution in [2.75, 3.05) is 13.2 Å². The third-order valence-corrected chi connectivity index (χ3v) is 10.6. The van der Waals surface area contributed by atoms with Gasteiger partial charge in [0, 0.05) is 19.3 Å². The van der Waals surface area contributed by atoms with E-state index in [0.717, 1.165) is 141 Å². The van der Waals surface area contributed by atoms with Gasteiger partial charge in [0.2, 0.25) is 0 Å². The maximum atomic E-state index is 12.8. The Morgan fingerprint density at radius 1 is 0.313 bits per heavy atom. The first-order valence-corrected chi connectivity index (χ1v) is 26.7. The number of esters is 3. The topological polar surface area (TPSA) is 78.9 Å². The summed E-state index contributed by atoms with van der Waals surface area (Å²) in [7, 11) is 0. The summed E-state index contributed by atoms with van der Waals surface area (Å²) < 4.78 is 16.7. The normalized spacial score (nSPS) is 13.2. The van der Waals surface area contributed by atoms with E-state index < -0.39 is 6.10 Å². The van der Waals surface area contributed by atoms with Crippen LogP contribution in [-0.4, -0.2) is 37.2 Å². The molecule has 0 saturated heterocycles. The molecule has 67 heavy (non-hydrogen) atoms. The number of carbonyl (C=O) groups is 3. The second-order valence-corrected chi connectivity index (χ2v) is 17.0. The lowest BCUT2D eigenvalue weighted by Crippen LogP contribution is -2.30. The van der Waals surface area contributed by atoms with Gasteiger partial charge in [-0.05, 0) is 128 Å². The average molecular weight is 925 g/mol. The number of allylic oxidation sites excluding steroid dienone is 22. The van der Waals surface area contributed by atoms with Crippen molar-refractivity contribution in [1.82, 2.24) is 0 Å². The molecule has 0 aliphatic rings. The Labute approximate surface area is 411 Å². The number of hydrogen-bond acceptors (Lipinski definition) is 6. The lowest BCUT2D eigenvalue weighted by molar-refractivity contribution is -0.167. The number of carbonyl (C=O) groups excluding carboxylic acids is 3. The van der Waals surface area contributed by atoms with E-state index in [0.29, 0.717) is 12.8 Å². The number of rotatable bonds is 46. The summed E-state index contributed by atoms with van der Waals surface area (Å²) in [6.07, 6.45) is 75.8. The number of hydrogen-bond donors (Lipinski definition) is 0. The van der Waals surface area contributed by atoms with Gasteiger partial charge in [-0.1, -0.05) is 199 Å². The van der Waals surface area contributed by atoms with Crippen molar-refractivity contribution in [2.24, 2.45) is 0 Å². The molecule has 0 rings (SSSR count). The zero-order valence-corrected chi connectivity index (χ0v) is 42.9. The highest BCUT2D eigenvalue weighted by Gasteiger charge is 2.19. The van der Waals surface area contributed by atoms with Crippen molar-refractivity contribution in [1.29, 1.82) is 0 Å². The Bertz CT molecular complexity index is 1480. The highest BCUT2D eigenvalue weighted by Crippen LogP contribution is 2.12. The van der Waals surface area contributed by atoms with E-state index in [2.05, 4.69) is 154 Å². The molecule has 6 heteroatoms. The van der Waals surface area contributed by atoms with Crippen LogP contribution in [0.4, 0.5) is 0 Å². The average Bonchev–Trinajstić information content (AvgIpc) is 3.33. The van der Waals surface area contributed by atoms with Crippen molar-refractivity contribution >= 4 is 17.9 Å². The van der Waals surface area contributed by atoms with Crippen LogP contribution in [0.1, 0.15) is 213 Å². The third kappa shape index (κ3) is 52.4. The van der Waals surface area contributed by atoms with Crippen LogP contribution >= 0.6 is 0 Å². The fourth-order valence-corrected chi connectivity index (χ4v) is 6.67. The molecule has 0 bridgehead atoms. The molecule has 1 atom stereocenters. The smallest absolute Gasteiger partial charge is 0.306 e. The third-order valence-electron chi connectivity index (χ3n) is 10.6. The fourth-order valence-electron chi connectivity index (χ4n) is 6.67. The molecule has 0 aliphatic carbocycles. The lowest BCUT2D eigenvalue weighted by atomic mass is 10.1. The van der Waals surface area contributed by atoms with Crippen molar-refractivity contribution < 1.29 is 28.6 Å². The maximum Gasteiger partial charge on any atom is 0.306 e. The molecule has 376 valence electrons. The Hall–Kier alpha value is -4.45. The molecule has 0 saturated carbocycles. The minimum Gasteiger partial charge on any atom is -0.462 e. The summed E-state index contributed by atoms with van der Waals surface area (Å²) in [5, 5.41) is 0. The van der Waals surface area contributed by atoms with E-state index in [9.17, 15) is 14.4 Å². The zero-order chi connectivity index (χ0) is 48.6. The van der Waals surface area contributed by atoms with Gasteiger partial charge in [0.15, 0.2) is 6.10 Å². The van der Waals surface area contributed by atoms with Gasteiger partial charge in [-0.25, -0.2) is 0 Å². The van der Waals surface area contributed by atoms with E-state index in [1.165, 1.54) is 25.7 Å². The van der Waals surface area contributed by atoms with E-state index in [4.69, 9.17) is 14.2 Å². The van der Waals surface area contributed by atoms with Crippen LogP contribution in [0, 0.1) is 0 Å². The quantitative estimate of drug-likeness (QED) is 0.0262. The van der Waals surface area contributed by atoms with Gasteiger partial charge in [0.1, 0.15) is 13.2 Å². The van der Waals surface area contributed by atoms with Gasteiger partial charge in [-0.2, -0.15) is 0 Å². The molecular formula is C61H96O6. The molecule has 0 aromatic carbocycles. The predicted molar refractivity (Wildman–Crippen MR) is 288 cm³/mol. The van der Waals surface area contributed by atoms with Crippen LogP contribution in [0.25, 0.3) is 0 Å². The van der Waals surface area contributed by atoms with Gasteiger partial charge in [0.25, 0.3) is 0 Å². The highest BCUT2D eigenvalue weighted by molar-refractivity contribution is 5.71. The number of unbranched alkanes of at least 4 members (excludes halogenated alkanes) is 13. The summed E-state index contributed by atoms with van der Waals surface area (Å²) in [6, 6.07) is 0. The van der Waals surface area contributed by atoms with Gasteiger partial charge in [-0.3, -0.25) is 14.4 Å². The second kappa shape index (κ2) is 54.2. The van der Waals surface area contributed by atoms with Crippen LogP contribution < -0.4 is 0 Å². The monoisotopic (exact) mass is 925 g/mol. The first kappa shape index (κ1) is 62.5. The SMILES string of the molecule is CC/C=C\C/C=C\C/C=C\C/C=C\C/C=C\CCCC(=O)OCC(COC(=O)CCCCCCC/C=C\C/C=C\CCCCC)OC(=O)CCCCCC/C=C\C/C=C\C/C=C\C/C=C\CC. The molecule has 0 aromatic heterocycles. The fraction of sp³-hybridized carbons (Fsp3) is 0.590. The van der Waals surface area contributed by atoms with Crippen LogP contribution in [0.5, 0.6) is 0 Å². The molecule has 0 heterocycles. The Morgan fingerprint density at radius 3 is 0.970 bits per heavy atom. The molecule has 0 aliphatic heterocycles. The van der Waals surface area contributed by atoms with Gasteiger partial charge >= 0.3 is 17.9 Å². The first-order valence-electron chi connectivity index (χ1n) is 26.7. The molecule has 1 unspecified atom stereocenters. The molecular weight excluding hydrogens is 829 g/mol. The van der Waals surface area contributed by atoms with Crippen molar-refractivity contribution in [3.05, 3.63) is 134 Å². The summed E-state index contributed by atoms with van der Waals surface area (Å²) in [4.78, 5) is 38.1. The van der Waals surface area contributed by atoms with Crippen molar-refractivity contribution in [3.8, 4) is 0 Å². The van der Waals surface area contributed by atoms with Gasteiger partial charge in [0.05, 0.1) is 0 Å². The van der Waals surface area contributed by atoms with E-state index in [-0.39, 0.29) is 44.0 Å². The van der Waals surface area contributed by atoms with E-state index in [1.807, 2.05) is 0 Å². The van der Waals surface area contributed by atoms with Crippen LogP contribution in [0.2, 0.25) is 0 Å². The number of ether oxygens (including phenoxy) is 3. The lowest BCUT2D eigenvalue weighted by Gasteiger charge is -2.18. The zero-order valence-electron chi connectivity index (χ0n) is 42.9. The summed E-state index contributed by atoms with van der Waals surface area (Å²) in [6.45, 7) is 6.28. The second-order valence-electron chi connectivity index (χ2n) is 17.0. The minimum absolute atomic E-state index is 0.118. The predicted octanol–water partition coefficient (Wildman–Crippen LogP) is 17.9. The minimum atomic E-state index is -0.825. The molecule has 0 spiro atoms. The molecule has 0 fully saturated rings. The van der Waals surface area contributed by atoms with E-state index >= 15 is 0 Å². The molecule has 6 nitrogen and oxygen atoms in total. The molecule has 0 radical (unpaired) electrons. The van der Waals surface area contributed by atoms with Gasteiger partial charge in [-0.15, -0.1) is 0 Å². The van der Waals surface area contributed by atoms with Crippen LogP contribution in [0.3, 0.4) is 0 Å². The Kier molecular flexibility index (Phi) is 50.6. The summed E-state index contributed by atoms with van der Waals surface area (Å²) in [5.74, 6) is -1.02. The summed E-state index contributed by atoms with van der Waals surface area (Å²) >= 11 is 0. The van der Waals surface area contributed by atoms with Gasteiger partial charge < -0.3 is 14.2 Å². The van der Waals surface area contributed by atoms with Crippen LogP contribution in [0.15, 0.2) is 134 Å². The Morgan fingerprint density at radius 2 is 0.597 bits per heavy atom. The summed E-state index contributed by atoms with van der Waals surface area (Å²) in [5.41, 5.74) is 0. The highest BCUT2D eigenvalue weighted by atomic mass is 16.6. The first-order chi connectivity index (χ1) is 33.0. The van der Waals surface area contributed by atoms with E-state index in [1.54, 1.807) is 0 Å². The van der Waals surface area contributed by atoms with Crippen LogP contribution in [-0.2, 0) is 28.6 Å². The molecule has 0 N–H and O–H groups in total. The largest absolute Gasteiger partial charge is 0.462 e.